The molecule has 0 aromatic heterocycles. The van der Waals surface area contributed by atoms with Crippen molar-refractivity contribution < 1.29 is 4.39 Å². The molecule has 0 radical (unpaired) electrons. The van der Waals surface area contributed by atoms with Crippen molar-refractivity contribution in [2.75, 3.05) is 13.1 Å². The molecule has 1 aromatic rings. The number of hydrogen-bond donors (Lipinski definition) is 1. The number of alkyl halides is 1. The monoisotopic (exact) mass is 227 g/mol. The van der Waals surface area contributed by atoms with Gasteiger partial charge in [0.2, 0.25) is 0 Å². The minimum Gasteiger partial charge on any atom is -0.317 e. The molecule has 2 rings (SSSR count). The van der Waals surface area contributed by atoms with E-state index in [1.165, 1.54) is 0 Å². The molecule has 1 heterocycles. The number of halogens is 2. The van der Waals surface area contributed by atoms with Crippen molar-refractivity contribution >= 4 is 11.6 Å². The number of benzene rings is 1. The highest BCUT2D eigenvalue weighted by atomic mass is 35.5. The van der Waals surface area contributed by atoms with Crippen molar-refractivity contribution in [2.24, 2.45) is 0 Å². The van der Waals surface area contributed by atoms with Crippen LogP contribution in [-0.2, 0) is 5.67 Å². The van der Waals surface area contributed by atoms with Crippen LogP contribution in [-0.4, -0.2) is 13.1 Å². The van der Waals surface area contributed by atoms with Gasteiger partial charge in [-0.25, -0.2) is 4.39 Å². The number of hydrogen-bond acceptors (Lipinski definition) is 1. The molecule has 3 heteroatoms. The van der Waals surface area contributed by atoms with E-state index in [-0.39, 0.29) is 0 Å². The van der Waals surface area contributed by atoms with Crippen LogP contribution in [0, 0.1) is 0 Å². The van der Waals surface area contributed by atoms with Gasteiger partial charge >= 0.3 is 0 Å². The molecule has 1 saturated heterocycles. The van der Waals surface area contributed by atoms with Gasteiger partial charge < -0.3 is 5.32 Å². The van der Waals surface area contributed by atoms with Crippen LogP contribution in [0.1, 0.15) is 24.8 Å². The highest BCUT2D eigenvalue weighted by Gasteiger charge is 2.32. The summed E-state index contributed by atoms with van der Waals surface area (Å²) in [5.41, 5.74) is -0.479. The first-order chi connectivity index (χ1) is 7.21. The lowest BCUT2D eigenvalue weighted by Crippen LogP contribution is -2.22. The first kappa shape index (κ1) is 10.9. The van der Waals surface area contributed by atoms with E-state index >= 15 is 0 Å². The first-order valence-corrected chi connectivity index (χ1v) is 5.74. The van der Waals surface area contributed by atoms with E-state index in [1.807, 2.05) is 12.1 Å². The van der Waals surface area contributed by atoms with E-state index in [4.69, 9.17) is 11.6 Å². The molecule has 1 aliphatic heterocycles. The maximum absolute atomic E-state index is 14.6. The SMILES string of the molecule is FC1(c2cccc(Cl)c2)CCCNCC1. The Balaban J connectivity index is 2.26. The van der Waals surface area contributed by atoms with Crippen LogP contribution in [0.4, 0.5) is 4.39 Å². The lowest BCUT2D eigenvalue weighted by Gasteiger charge is -2.23. The van der Waals surface area contributed by atoms with E-state index < -0.39 is 5.67 Å². The van der Waals surface area contributed by atoms with Gasteiger partial charge in [0, 0.05) is 5.02 Å². The van der Waals surface area contributed by atoms with E-state index in [0.717, 1.165) is 25.1 Å². The normalized spacial score (nSPS) is 27.3. The van der Waals surface area contributed by atoms with E-state index in [0.29, 0.717) is 17.9 Å². The van der Waals surface area contributed by atoms with Crippen LogP contribution >= 0.6 is 11.6 Å². The van der Waals surface area contributed by atoms with Crippen molar-refractivity contribution in [1.29, 1.82) is 0 Å². The quantitative estimate of drug-likeness (QED) is 0.777. The highest BCUT2D eigenvalue weighted by molar-refractivity contribution is 6.30. The van der Waals surface area contributed by atoms with Gasteiger partial charge in [0.25, 0.3) is 0 Å². The molecule has 0 aliphatic carbocycles. The lowest BCUT2D eigenvalue weighted by molar-refractivity contribution is 0.145. The van der Waals surface area contributed by atoms with Gasteiger partial charge in [0.05, 0.1) is 0 Å². The number of nitrogens with one attached hydrogen (secondary N) is 1. The minimum absolute atomic E-state index is 0.535. The summed E-state index contributed by atoms with van der Waals surface area (Å²) in [7, 11) is 0. The Morgan fingerprint density at radius 3 is 2.93 bits per heavy atom. The van der Waals surface area contributed by atoms with Gasteiger partial charge in [-0.3, -0.25) is 0 Å². The Bertz CT molecular complexity index is 332. The molecule has 1 aromatic carbocycles. The first-order valence-electron chi connectivity index (χ1n) is 5.36. The summed E-state index contributed by atoms with van der Waals surface area (Å²) in [6, 6.07) is 7.17. The summed E-state index contributed by atoms with van der Waals surface area (Å²) >= 11 is 5.88. The average Bonchev–Trinajstić information content (AvgIpc) is 2.44. The van der Waals surface area contributed by atoms with Crippen LogP contribution in [0.15, 0.2) is 24.3 Å². The fourth-order valence-electron chi connectivity index (χ4n) is 2.09. The molecule has 1 aliphatic rings. The van der Waals surface area contributed by atoms with Gasteiger partial charge in [-0.1, -0.05) is 23.7 Å². The van der Waals surface area contributed by atoms with Gasteiger partial charge in [0.15, 0.2) is 0 Å². The van der Waals surface area contributed by atoms with Crippen molar-refractivity contribution in [3.63, 3.8) is 0 Å². The van der Waals surface area contributed by atoms with Crippen LogP contribution < -0.4 is 5.32 Å². The van der Waals surface area contributed by atoms with Crippen molar-refractivity contribution in [3.05, 3.63) is 34.9 Å². The third-order valence-corrected chi connectivity index (χ3v) is 3.20. The Kier molecular flexibility index (Phi) is 3.27. The Labute approximate surface area is 94.6 Å². The fraction of sp³-hybridized carbons (Fsp3) is 0.500. The van der Waals surface area contributed by atoms with E-state index in [1.54, 1.807) is 12.1 Å². The Morgan fingerprint density at radius 1 is 1.27 bits per heavy atom. The summed E-state index contributed by atoms with van der Waals surface area (Å²) in [6.45, 7) is 1.65. The van der Waals surface area contributed by atoms with Crippen molar-refractivity contribution in [1.82, 2.24) is 5.32 Å². The molecule has 0 spiro atoms. The predicted molar refractivity (Wildman–Crippen MR) is 61.0 cm³/mol. The van der Waals surface area contributed by atoms with Crippen LogP contribution in [0.2, 0.25) is 5.02 Å². The molecule has 0 bridgehead atoms. The van der Waals surface area contributed by atoms with Crippen molar-refractivity contribution in [2.45, 2.75) is 24.9 Å². The second-order valence-corrected chi connectivity index (χ2v) is 4.52. The van der Waals surface area contributed by atoms with E-state index in [9.17, 15) is 4.39 Å². The summed E-state index contributed by atoms with van der Waals surface area (Å²) in [6.07, 6.45) is 2.00. The standard InChI is InChI=1S/C12H15ClFN/c13-11-4-1-3-10(9-11)12(14)5-2-7-15-8-6-12/h1,3-4,9,15H,2,5-8H2. The average molecular weight is 228 g/mol. The van der Waals surface area contributed by atoms with Gasteiger partial charge in [-0.05, 0) is 50.0 Å². The van der Waals surface area contributed by atoms with Crippen LogP contribution in [0.5, 0.6) is 0 Å². The van der Waals surface area contributed by atoms with Crippen LogP contribution in [0.25, 0.3) is 0 Å². The second kappa shape index (κ2) is 4.50. The van der Waals surface area contributed by atoms with Crippen LogP contribution in [0.3, 0.4) is 0 Å². The van der Waals surface area contributed by atoms with E-state index in [2.05, 4.69) is 5.32 Å². The van der Waals surface area contributed by atoms with Gasteiger partial charge in [-0.2, -0.15) is 0 Å². The summed E-state index contributed by atoms with van der Waals surface area (Å²) in [5.74, 6) is 0. The molecule has 1 unspecified atom stereocenters. The highest BCUT2D eigenvalue weighted by Crippen LogP contribution is 2.36. The molecular formula is C12H15ClFN. The second-order valence-electron chi connectivity index (χ2n) is 4.08. The molecule has 15 heavy (non-hydrogen) atoms. The third-order valence-electron chi connectivity index (χ3n) is 2.97. The molecule has 1 fully saturated rings. The maximum atomic E-state index is 14.6. The molecule has 1 atom stereocenters. The molecule has 1 N–H and O–H groups in total. The maximum Gasteiger partial charge on any atom is 0.137 e. The molecule has 0 amide bonds. The largest absolute Gasteiger partial charge is 0.317 e. The molecule has 82 valence electrons. The molecular weight excluding hydrogens is 213 g/mol. The zero-order valence-corrected chi connectivity index (χ0v) is 9.36. The molecule has 1 nitrogen and oxygen atoms in total. The zero-order valence-electron chi connectivity index (χ0n) is 8.60. The minimum atomic E-state index is -1.20. The fourth-order valence-corrected chi connectivity index (χ4v) is 2.28. The van der Waals surface area contributed by atoms with Gasteiger partial charge in [-0.15, -0.1) is 0 Å². The lowest BCUT2D eigenvalue weighted by atomic mass is 9.89. The Morgan fingerprint density at radius 2 is 2.13 bits per heavy atom. The summed E-state index contributed by atoms with van der Waals surface area (Å²) in [5, 5.41) is 3.83. The number of rotatable bonds is 1. The van der Waals surface area contributed by atoms with Gasteiger partial charge in [0.1, 0.15) is 5.67 Å². The summed E-state index contributed by atoms with van der Waals surface area (Å²) in [4.78, 5) is 0. The molecule has 0 saturated carbocycles. The predicted octanol–water partition coefficient (Wildman–Crippen LogP) is 3.28. The Hall–Kier alpha value is -0.600. The smallest absolute Gasteiger partial charge is 0.137 e. The summed E-state index contributed by atoms with van der Waals surface area (Å²) < 4.78 is 14.6. The topological polar surface area (TPSA) is 12.0 Å². The zero-order chi connectivity index (χ0) is 10.7. The third kappa shape index (κ3) is 2.50. The van der Waals surface area contributed by atoms with Crippen molar-refractivity contribution in [3.8, 4) is 0 Å².